The second-order valence-electron chi connectivity index (χ2n) is 6.62. The van der Waals surface area contributed by atoms with Gasteiger partial charge in [-0.25, -0.2) is 0 Å². The fourth-order valence-electron chi connectivity index (χ4n) is 3.05. The summed E-state index contributed by atoms with van der Waals surface area (Å²) in [6.07, 6.45) is 9.66. The third-order valence-electron chi connectivity index (χ3n) is 4.54. The van der Waals surface area contributed by atoms with Gasteiger partial charge in [-0.1, -0.05) is 94.0 Å². The Morgan fingerprint density at radius 2 is 1.24 bits per heavy atom. The molecule has 0 aliphatic rings. The predicted octanol–water partition coefficient (Wildman–Crippen LogP) is 7.88. The Bertz CT molecular complexity index is 635. The molecule has 0 N–H and O–H groups in total. The number of benzene rings is 2. The first-order valence-corrected chi connectivity index (χ1v) is 9.41. The zero-order chi connectivity index (χ0) is 17.9. The molecule has 134 valence electrons. The summed E-state index contributed by atoms with van der Waals surface area (Å²) in [5, 5.41) is 0. The number of aryl methyl sites for hydroxylation is 1. The maximum Gasteiger partial charge on any atom is 0.270 e. The summed E-state index contributed by atoms with van der Waals surface area (Å²) >= 11 is 0. The van der Waals surface area contributed by atoms with Crippen molar-refractivity contribution in [1.29, 1.82) is 0 Å². The first-order chi connectivity index (χ1) is 12.2. The highest BCUT2D eigenvalue weighted by Crippen LogP contribution is 2.22. The van der Waals surface area contributed by atoms with Crippen LogP contribution in [-0.2, 0) is 6.42 Å². The van der Waals surface area contributed by atoms with Gasteiger partial charge in [-0.3, -0.25) is 0 Å². The summed E-state index contributed by atoms with van der Waals surface area (Å²) < 4.78 is 24.5. The van der Waals surface area contributed by atoms with E-state index in [1.54, 1.807) is 12.1 Å². The molecule has 0 aromatic heterocycles. The molecule has 0 nitrogen and oxygen atoms in total. The molecular formula is C23H28F2. The van der Waals surface area contributed by atoms with E-state index in [4.69, 9.17) is 0 Å². The Labute approximate surface area is 150 Å². The monoisotopic (exact) mass is 342 g/mol. The lowest BCUT2D eigenvalue weighted by molar-refractivity contribution is 0.429. The lowest BCUT2D eigenvalue weighted by Crippen LogP contribution is -1.87. The summed E-state index contributed by atoms with van der Waals surface area (Å²) in [7, 11) is 0. The van der Waals surface area contributed by atoms with Gasteiger partial charge in [0.05, 0.1) is 0 Å². The van der Waals surface area contributed by atoms with Gasteiger partial charge < -0.3 is 0 Å². The number of hydrogen-bond acceptors (Lipinski definition) is 0. The van der Waals surface area contributed by atoms with E-state index < -0.39 is 6.08 Å². The molecule has 2 aromatic carbocycles. The zero-order valence-electron chi connectivity index (χ0n) is 15.1. The molecule has 0 amide bonds. The maximum atomic E-state index is 12.3. The van der Waals surface area contributed by atoms with Crippen molar-refractivity contribution in [3.63, 3.8) is 0 Å². The Hall–Kier alpha value is -1.96. The van der Waals surface area contributed by atoms with Crippen molar-refractivity contribution in [2.24, 2.45) is 0 Å². The molecule has 2 heteroatoms. The van der Waals surface area contributed by atoms with Crippen molar-refractivity contribution in [1.82, 2.24) is 0 Å². The molecular weight excluding hydrogens is 314 g/mol. The number of rotatable bonds is 10. The van der Waals surface area contributed by atoms with Crippen LogP contribution in [0.15, 0.2) is 54.6 Å². The first kappa shape index (κ1) is 19.4. The quantitative estimate of drug-likeness (QED) is 0.385. The molecule has 0 heterocycles. The van der Waals surface area contributed by atoms with Gasteiger partial charge in [-0.05, 0) is 35.1 Å². The fourth-order valence-corrected chi connectivity index (χ4v) is 3.05. The van der Waals surface area contributed by atoms with Gasteiger partial charge in [0, 0.05) is 6.08 Å². The predicted molar refractivity (Wildman–Crippen MR) is 104 cm³/mol. The standard InChI is InChI=1S/C23H28F2/c1-2-3-4-5-6-7-8-9-19-10-14-21(15-11-19)22-16-12-20(13-17-22)18-23(24)25/h10-18H,2-9H2,1H3. The van der Waals surface area contributed by atoms with E-state index in [9.17, 15) is 8.78 Å². The van der Waals surface area contributed by atoms with Crippen LogP contribution in [-0.4, -0.2) is 0 Å². The van der Waals surface area contributed by atoms with E-state index in [0.717, 1.165) is 23.6 Å². The summed E-state index contributed by atoms with van der Waals surface area (Å²) in [6.45, 7) is 2.25. The lowest BCUT2D eigenvalue weighted by Gasteiger charge is -2.06. The Morgan fingerprint density at radius 1 is 0.720 bits per heavy atom. The van der Waals surface area contributed by atoms with Crippen LogP contribution in [0.3, 0.4) is 0 Å². The molecule has 0 aliphatic carbocycles. The van der Waals surface area contributed by atoms with Gasteiger partial charge in [0.15, 0.2) is 0 Å². The van der Waals surface area contributed by atoms with Crippen LogP contribution in [0, 0.1) is 0 Å². The average Bonchev–Trinajstić information content (AvgIpc) is 2.62. The second-order valence-corrected chi connectivity index (χ2v) is 6.62. The van der Waals surface area contributed by atoms with Crippen LogP contribution < -0.4 is 0 Å². The van der Waals surface area contributed by atoms with E-state index in [2.05, 4.69) is 31.2 Å². The number of unbranched alkanes of at least 4 members (excludes halogenated alkanes) is 6. The molecule has 0 radical (unpaired) electrons. The van der Waals surface area contributed by atoms with E-state index in [0.29, 0.717) is 5.56 Å². The minimum atomic E-state index is -1.66. The summed E-state index contributed by atoms with van der Waals surface area (Å²) in [5.41, 5.74) is 4.08. The van der Waals surface area contributed by atoms with Gasteiger partial charge in [-0.15, -0.1) is 0 Å². The Morgan fingerprint density at radius 3 is 1.80 bits per heavy atom. The number of halogens is 2. The van der Waals surface area contributed by atoms with E-state index >= 15 is 0 Å². The van der Waals surface area contributed by atoms with Crippen molar-refractivity contribution in [3.8, 4) is 11.1 Å². The van der Waals surface area contributed by atoms with Gasteiger partial charge in [0.25, 0.3) is 6.08 Å². The van der Waals surface area contributed by atoms with Gasteiger partial charge >= 0.3 is 0 Å². The average molecular weight is 342 g/mol. The van der Waals surface area contributed by atoms with Crippen molar-refractivity contribution in [2.45, 2.75) is 58.3 Å². The van der Waals surface area contributed by atoms with E-state index in [-0.39, 0.29) is 0 Å². The molecule has 0 aliphatic heterocycles. The normalized spacial score (nSPS) is 10.7. The van der Waals surface area contributed by atoms with Crippen LogP contribution in [0.1, 0.15) is 63.0 Å². The largest absolute Gasteiger partial charge is 0.270 e. The van der Waals surface area contributed by atoms with Crippen LogP contribution in [0.5, 0.6) is 0 Å². The van der Waals surface area contributed by atoms with Crippen LogP contribution >= 0.6 is 0 Å². The first-order valence-electron chi connectivity index (χ1n) is 9.41. The smallest absolute Gasteiger partial charge is 0.173 e. The third-order valence-corrected chi connectivity index (χ3v) is 4.54. The van der Waals surface area contributed by atoms with Gasteiger partial charge in [-0.2, -0.15) is 8.78 Å². The maximum absolute atomic E-state index is 12.3. The van der Waals surface area contributed by atoms with Crippen LogP contribution in [0.2, 0.25) is 0 Å². The highest BCUT2D eigenvalue weighted by Gasteiger charge is 2.00. The molecule has 2 aromatic rings. The highest BCUT2D eigenvalue weighted by atomic mass is 19.3. The molecule has 0 atom stereocenters. The molecule has 0 unspecified atom stereocenters. The molecule has 0 saturated heterocycles. The summed E-state index contributed by atoms with van der Waals surface area (Å²) in [5.74, 6) is 0. The number of hydrogen-bond donors (Lipinski definition) is 0. The Kier molecular flexibility index (Phi) is 8.38. The van der Waals surface area contributed by atoms with Crippen LogP contribution in [0.4, 0.5) is 8.78 Å². The summed E-state index contributed by atoms with van der Waals surface area (Å²) in [6, 6.07) is 15.8. The molecule has 0 bridgehead atoms. The van der Waals surface area contributed by atoms with E-state index in [1.165, 1.54) is 50.5 Å². The van der Waals surface area contributed by atoms with Crippen molar-refractivity contribution < 1.29 is 8.78 Å². The molecule has 0 saturated carbocycles. The molecule has 2 rings (SSSR count). The second kappa shape index (κ2) is 10.8. The fraction of sp³-hybridized carbons (Fsp3) is 0.391. The minimum Gasteiger partial charge on any atom is -0.173 e. The Balaban J connectivity index is 1.80. The summed E-state index contributed by atoms with van der Waals surface area (Å²) in [4.78, 5) is 0. The third kappa shape index (κ3) is 7.21. The van der Waals surface area contributed by atoms with Crippen molar-refractivity contribution in [3.05, 3.63) is 65.7 Å². The van der Waals surface area contributed by atoms with Crippen molar-refractivity contribution >= 4 is 6.08 Å². The highest BCUT2D eigenvalue weighted by molar-refractivity contribution is 5.66. The zero-order valence-corrected chi connectivity index (χ0v) is 15.1. The molecule has 0 spiro atoms. The molecule has 0 fully saturated rings. The topological polar surface area (TPSA) is 0 Å². The molecule has 25 heavy (non-hydrogen) atoms. The van der Waals surface area contributed by atoms with Crippen molar-refractivity contribution in [2.75, 3.05) is 0 Å². The van der Waals surface area contributed by atoms with E-state index in [1.807, 2.05) is 12.1 Å². The van der Waals surface area contributed by atoms with Gasteiger partial charge in [0.1, 0.15) is 0 Å². The minimum absolute atomic E-state index is 0.527. The SMILES string of the molecule is CCCCCCCCCc1ccc(-c2ccc(C=C(F)F)cc2)cc1. The van der Waals surface area contributed by atoms with Gasteiger partial charge in [0.2, 0.25) is 0 Å². The lowest BCUT2D eigenvalue weighted by atomic mass is 10.00. The van der Waals surface area contributed by atoms with Crippen LogP contribution in [0.25, 0.3) is 17.2 Å².